The van der Waals surface area contributed by atoms with E-state index >= 15 is 0 Å². The Hall–Kier alpha value is -2.54. The van der Waals surface area contributed by atoms with Gasteiger partial charge in [0.15, 0.2) is 6.10 Å². The molecule has 0 aliphatic carbocycles. The average Bonchev–Trinajstić information content (AvgIpc) is 3.03. The van der Waals surface area contributed by atoms with Crippen LogP contribution in [0.2, 0.25) is 0 Å². The van der Waals surface area contributed by atoms with E-state index < -0.39 is 16.1 Å². The molecule has 0 unspecified atom stereocenters. The van der Waals surface area contributed by atoms with E-state index in [0.717, 1.165) is 29.5 Å². The minimum atomic E-state index is -3.52. The van der Waals surface area contributed by atoms with Crippen LogP contribution in [0.4, 0.5) is 11.4 Å². The van der Waals surface area contributed by atoms with Gasteiger partial charge in [-0.1, -0.05) is 24.3 Å². The van der Waals surface area contributed by atoms with Gasteiger partial charge >= 0.3 is 0 Å². The lowest BCUT2D eigenvalue weighted by Crippen LogP contribution is -2.51. The molecule has 0 spiro atoms. The molecule has 2 heterocycles. The highest BCUT2D eigenvalue weighted by Gasteiger charge is 2.38. The summed E-state index contributed by atoms with van der Waals surface area (Å²) in [5, 5.41) is 0. The lowest BCUT2D eigenvalue weighted by atomic mass is 10.1. The number of anilines is 2. The zero-order valence-corrected chi connectivity index (χ0v) is 15.5. The molecule has 0 aromatic heterocycles. The number of para-hydroxylation sites is 1. The lowest BCUT2D eigenvalue weighted by molar-refractivity contribution is -0.125. The molecule has 2 aromatic carbocycles. The van der Waals surface area contributed by atoms with Crippen molar-refractivity contribution in [3.63, 3.8) is 0 Å². The van der Waals surface area contributed by atoms with Crippen molar-refractivity contribution < 1.29 is 17.9 Å². The maximum atomic E-state index is 13.1. The van der Waals surface area contributed by atoms with Gasteiger partial charge in [-0.25, -0.2) is 8.42 Å². The van der Waals surface area contributed by atoms with Crippen LogP contribution in [-0.2, 0) is 21.2 Å². The van der Waals surface area contributed by atoms with Gasteiger partial charge in [0, 0.05) is 12.2 Å². The van der Waals surface area contributed by atoms with Crippen LogP contribution in [0.3, 0.4) is 0 Å². The largest absolute Gasteiger partial charge is 0.476 e. The number of ether oxygens (including phenoxy) is 1. The Bertz CT molecular complexity index is 987. The summed E-state index contributed by atoms with van der Waals surface area (Å²) in [6.45, 7) is 2.45. The van der Waals surface area contributed by atoms with E-state index in [-0.39, 0.29) is 12.5 Å². The second kappa shape index (κ2) is 6.02. The molecule has 6 nitrogen and oxygen atoms in total. The highest BCUT2D eigenvalue weighted by Crippen LogP contribution is 2.37. The van der Waals surface area contributed by atoms with E-state index in [4.69, 9.17) is 4.74 Å². The predicted octanol–water partition coefficient (Wildman–Crippen LogP) is 2.11. The molecule has 0 N–H and O–H groups in total. The molecule has 4 rings (SSSR count). The van der Waals surface area contributed by atoms with Gasteiger partial charge in [-0.05, 0) is 42.7 Å². The first-order valence-electron chi connectivity index (χ1n) is 8.49. The third kappa shape index (κ3) is 2.82. The van der Waals surface area contributed by atoms with Crippen LogP contribution in [-0.4, -0.2) is 39.8 Å². The van der Waals surface area contributed by atoms with Gasteiger partial charge in [-0.15, -0.1) is 0 Å². The standard InChI is InChI=1S/C19H20N2O4S/c1-13-7-8-17-16(11-13)21(26(2,23)24)12-18(25-17)19(22)20-10-9-14-5-3-4-6-15(14)20/h3-8,11,18H,9-10,12H2,1-2H3/t18-/m1/s1. The van der Waals surface area contributed by atoms with Gasteiger partial charge in [0.1, 0.15) is 5.75 Å². The number of fused-ring (bicyclic) bond motifs is 2. The van der Waals surface area contributed by atoms with Crippen molar-refractivity contribution >= 4 is 27.3 Å². The van der Waals surface area contributed by atoms with Crippen LogP contribution in [0, 0.1) is 6.92 Å². The van der Waals surface area contributed by atoms with Crippen molar-refractivity contribution in [3.8, 4) is 5.75 Å². The third-order valence-corrected chi connectivity index (χ3v) is 5.96. The van der Waals surface area contributed by atoms with Crippen molar-refractivity contribution in [3.05, 3.63) is 53.6 Å². The molecule has 0 saturated carbocycles. The number of nitrogens with zero attached hydrogens (tertiary/aromatic N) is 2. The summed E-state index contributed by atoms with van der Waals surface area (Å²) < 4.78 is 31.8. The van der Waals surface area contributed by atoms with Crippen molar-refractivity contribution in [2.24, 2.45) is 0 Å². The lowest BCUT2D eigenvalue weighted by Gasteiger charge is -2.35. The Labute approximate surface area is 153 Å². The topological polar surface area (TPSA) is 66.9 Å². The van der Waals surface area contributed by atoms with Crippen molar-refractivity contribution in [2.45, 2.75) is 19.4 Å². The van der Waals surface area contributed by atoms with Crippen LogP contribution in [0.25, 0.3) is 0 Å². The number of carbonyl (C=O) groups excluding carboxylic acids is 1. The fraction of sp³-hybridized carbons (Fsp3) is 0.316. The number of hydrogen-bond acceptors (Lipinski definition) is 4. The average molecular weight is 372 g/mol. The SMILES string of the molecule is Cc1ccc2c(c1)N(S(C)(=O)=O)C[C@H](C(=O)N1CCc3ccccc31)O2. The van der Waals surface area contributed by atoms with Crippen LogP contribution >= 0.6 is 0 Å². The fourth-order valence-corrected chi connectivity index (χ4v) is 4.45. The molecule has 2 aliphatic heterocycles. The highest BCUT2D eigenvalue weighted by atomic mass is 32.2. The summed E-state index contributed by atoms with van der Waals surface area (Å²) in [6, 6.07) is 13.1. The molecule has 0 radical (unpaired) electrons. The summed E-state index contributed by atoms with van der Waals surface area (Å²) in [6.07, 6.45) is 1.07. The van der Waals surface area contributed by atoms with Crippen molar-refractivity contribution in [2.75, 3.05) is 28.6 Å². The first-order valence-corrected chi connectivity index (χ1v) is 10.3. The minimum Gasteiger partial charge on any atom is -0.476 e. The van der Waals surface area contributed by atoms with E-state index in [1.807, 2.05) is 37.3 Å². The molecular formula is C19H20N2O4S. The van der Waals surface area contributed by atoms with E-state index in [1.165, 1.54) is 4.31 Å². The number of carbonyl (C=O) groups is 1. The summed E-state index contributed by atoms with van der Waals surface area (Å²) in [7, 11) is -3.52. The zero-order valence-electron chi connectivity index (χ0n) is 14.7. The quantitative estimate of drug-likeness (QED) is 0.810. The van der Waals surface area contributed by atoms with Gasteiger partial charge in [-0.3, -0.25) is 9.10 Å². The fourth-order valence-electron chi connectivity index (χ4n) is 3.54. The Morgan fingerprint density at radius 3 is 2.69 bits per heavy atom. The molecule has 0 saturated heterocycles. The Balaban J connectivity index is 1.69. The summed E-state index contributed by atoms with van der Waals surface area (Å²) >= 11 is 0. The van der Waals surface area contributed by atoms with E-state index in [9.17, 15) is 13.2 Å². The monoisotopic (exact) mass is 372 g/mol. The van der Waals surface area contributed by atoms with Gasteiger partial charge in [-0.2, -0.15) is 0 Å². The maximum absolute atomic E-state index is 13.1. The molecule has 7 heteroatoms. The highest BCUT2D eigenvalue weighted by molar-refractivity contribution is 7.92. The number of sulfonamides is 1. The van der Waals surface area contributed by atoms with Gasteiger partial charge < -0.3 is 9.64 Å². The first kappa shape index (κ1) is 16.9. The van der Waals surface area contributed by atoms with Crippen molar-refractivity contribution in [1.82, 2.24) is 0 Å². The van der Waals surface area contributed by atoms with Crippen LogP contribution < -0.4 is 13.9 Å². The van der Waals surface area contributed by atoms with Gasteiger partial charge in [0.25, 0.3) is 5.91 Å². The smallest absolute Gasteiger partial charge is 0.269 e. The number of aryl methyl sites for hydroxylation is 1. The Morgan fingerprint density at radius 2 is 1.92 bits per heavy atom. The second-order valence-electron chi connectivity index (χ2n) is 6.74. The summed E-state index contributed by atoms with van der Waals surface area (Å²) in [4.78, 5) is 14.8. The van der Waals surface area contributed by atoms with Gasteiger partial charge in [0.05, 0.1) is 18.5 Å². The molecule has 136 valence electrons. The molecular weight excluding hydrogens is 352 g/mol. The molecule has 0 bridgehead atoms. The predicted molar refractivity (Wildman–Crippen MR) is 100 cm³/mol. The first-order chi connectivity index (χ1) is 12.3. The van der Waals surface area contributed by atoms with E-state index in [1.54, 1.807) is 17.0 Å². The number of benzene rings is 2. The zero-order chi connectivity index (χ0) is 18.5. The minimum absolute atomic E-state index is 0.0210. The molecule has 0 fully saturated rings. The van der Waals surface area contributed by atoms with Crippen LogP contribution in [0.5, 0.6) is 5.75 Å². The molecule has 1 amide bonds. The Morgan fingerprint density at radius 1 is 1.15 bits per heavy atom. The van der Waals surface area contributed by atoms with Crippen LogP contribution in [0.1, 0.15) is 11.1 Å². The Kier molecular flexibility index (Phi) is 3.91. The maximum Gasteiger partial charge on any atom is 0.269 e. The molecule has 1 atom stereocenters. The molecule has 2 aliphatic rings. The number of amides is 1. The van der Waals surface area contributed by atoms with E-state index in [0.29, 0.717) is 18.0 Å². The normalized spacial score (nSPS) is 18.9. The molecule has 2 aromatic rings. The summed E-state index contributed by atoms with van der Waals surface area (Å²) in [5.41, 5.74) is 3.41. The van der Waals surface area contributed by atoms with E-state index in [2.05, 4.69) is 0 Å². The molecule has 26 heavy (non-hydrogen) atoms. The van der Waals surface area contributed by atoms with Crippen LogP contribution in [0.15, 0.2) is 42.5 Å². The van der Waals surface area contributed by atoms with Gasteiger partial charge in [0.2, 0.25) is 10.0 Å². The second-order valence-corrected chi connectivity index (χ2v) is 8.65. The van der Waals surface area contributed by atoms with Crippen molar-refractivity contribution in [1.29, 1.82) is 0 Å². The number of rotatable bonds is 2. The third-order valence-electron chi connectivity index (χ3n) is 4.81. The number of hydrogen-bond donors (Lipinski definition) is 0. The summed E-state index contributed by atoms with van der Waals surface area (Å²) in [5.74, 6) is 0.202.